The van der Waals surface area contributed by atoms with Gasteiger partial charge in [-0.15, -0.1) is 0 Å². The number of benzene rings is 2. The maximum Gasteiger partial charge on any atom is 0.193 e. The first-order valence-electron chi connectivity index (χ1n) is 8.90. The number of guanidine groups is 1. The third-order valence-corrected chi connectivity index (χ3v) is 4.56. The van der Waals surface area contributed by atoms with Gasteiger partial charge in [0.15, 0.2) is 5.96 Å². The molecule has 0 fully saturated rings. The molecule has 0 aliphatic rings. The molecular weight excluding hydrogens is 322 g/mol. The Kier molecular flexibility index (Phi) is 5.69. The van der Waals surface area contributed by atoms with Crippen molar-refractivity contribution in [3.05, 3.63) is 78.4 Å². The number of aromatic nitrogens is 2. The van der Waals surface area contributed by atoms with Crippen LogP contribution in [0.4, 0.5) is 5.69 Å². The molecule has 0 spiro atoms. The van der Waals surface area contributed by atoms with E-state index in [2.05, 4.69) is 41.3 Å². The molecule has 3 N–H and O–H groups in total. The van der Waals surface area contributed by atoms with E-state index >= 15 is 0 Å². The van der Waals surface area contributed by atoms with E-state index in [-0.39, 0.29) is 0 Å². The van der Waals surface area contributed by atoms with Crippen molar-refractivity contribution in [1.82, 2.24) is 9.55 Å². The zero-order valence-electron chi connectivity index (χ0n) is 15.3. The zero-order chi connectivity index (χ0) is 18.4. The first-order valence-corrected chi connectivity index (χ1v) is 8.90. The standard InChI is InChI=1S/C21H25N5/c1-3-16(2)17-8-10-19(11-9-17)25-21(22)24-14-18-6-4-5-7-20(18)26-13-12-23-15-26/h4-13,15-16H,3,14H2,1-2H3,(H3,22,24,25). The third-order valence-electron chi connectivity index (χ3n) is 4.56. The molecule has 3 rings (SSSR count). The SMILES string of the molecule is CCC(C)c1ccc(NC(N)=NCc2ccccc2-n2ccnc2)cc1. The number of hydrogen-bond acceptors (Lipinski definition) is 2. The molecule has 26 heavy (non-hydrogen) atoms. The van der Waals surface area contributed by atoms with Crippen molar-refractivity contribution >= 4 is 11.6 Å². The summed E-state index contributed by atoms with van der Waals surface area (Å²) in [6, 6.07) is 16.5. The van der Waals surface area contributed by atoms with Crippen LogP contribution < -0.4 is 11.1 Å². The number of nitrogens with one attached hydrogen (secondary N) is 1. The van der Waals surface area contributed by atoms with Crippen LogP contribution in [0.2, 0.25) is 0 Å². The zero-order valence-corrected chi connectivity index (χ0v) is 15.3. The molecular formula is C21H25N5. The Bertz CT molecular complexity index is 850. The minimum Gasteiger partial charge on any atom is -0.370 e. The number of nitrogens with two attached hydrogens (primary N) is 1. The minimum atomic E-state index is 0.404. The van der Waals surface area contributed by atoms with Crippen molar-refractivity contribution in [1.29, 1.82) is 0 Å². The monoisotopic (exact) mass is 347 g/mol. The molecule has 0 saturated carbocycles. The van der Waals surface area contributed by atoms with Gasteiger partial charge in [-0.05, 0) is 41.7 Å². The Morgan fingerprint density at radius 2 is 1.96 bits per heavy atom. The van der Waals surface area contributed by atoms with Gasteiger partial charge in [-0.1, -0.05) is 44.2 Å². The van der Waals surface area contributed by atoms with E-state index in [1.165, 1.54) is 5.56 Å². The summed E-state index contributed by atoms with van der Waals surface area (Å²) < 4.78 is 1.97. The van der Waals surface area contributed by atoms with Crippen LogP contribution in [0.5, 0.6) is 0 Å². The summed E-state index contributed by atoms with van der Waals surface area (Å²) in [5.74, 6) is 0.969. The predicted molar refractivity (Wildman–Crippen MR) is 108 cm³/mol. The molecule has 5 heteroatoms. The second kappa shape index (κ2) is 8.34. The van der Waals surface area contributed by atoms with Crippen molar-refractivity contribution in [2.45, 2.75) is 32.7 Å². The van der Waals surface area contributed by atoms with Gasteiger partial charge in [-0.2, -0.15) is 0 Å². The number of rotatable bonds is 6. The van der Waals surface area contributed by atoms with E-state index in [1.54, 1.807) is 12.5 Å². The summed E-state index contributed by atoms with van der Waals surface area (Å²) in [4.78, 5) is 8.59. The molecule has 0 amide bonds. The molecule has 0 bridgehead atoms. The van der Waals surface area contributed by atoms with E-state index in [1.807, 2.05) is 47.2 Å². The van der Waals surface area contributed by atoms with Crippen molar-refractivity contribution in [3.8, 4) is 5.69 Å². The summed E-state index contributed by atoms with van der Waals surface area (Å²) in [7, 11) is 0. The Balaban J connectivity index is 1.68. The van der Waals surface area contributed by atoms with Crippen LogP contribution in [-0.4, -0.2) is 15.5 Å². The van der Waals surface area contributed by atoms with E-state index in [0.717, 1.165) is 23.4 Å². The maximum absolute atomic E-state index is 6.07. The van der Waals surface area contributed by atoms with E-state index < -0.39 is 0 Å². The number of aliphatic imine (C=N–C) groups is 1. The average Bonchev–Trinajstić information content (AvgIpc) is 3.21. The number of hydrogen-bond donors (Lipinski definition) is 2. The fourth-order valence-corrected chi connectivity index (χ4v) is 2.79. The second-order valence-electron chi connectivity index (χ2n) is 6.36. The van der Waals surface area contributed by atoms with Gasteiger partial charge < -0.3 is 15.6 Å². The molecule has 0 saturated heterocycles. The Hall–Kier alpha value is -3.08. The second-order valence-corrected chi connectivity index (χ2v) is 6.36. The van der Waals surface area contributed by atoms with Gasteiger partial charge in [0.05, 0.1) is 18.6 Å². The molecule has 1 heterocycles. The molecule has 0 aliphatic carbocycles. The quantitative estimate of drug-likeness (QED) is 0.516. The van der Waals surface area contributed by atoms with Crippen LogP contribution in [0.25, 0.3) is 5.69 Å². The van der Waals surface area contributed by atoms with Gasteiger partial charge >= 0.3 is 0 Å². The van der Waals surface area contributed by atoms with Gasteiger partial charge in [0, 0.05) is 18.1 Å². The van der Waals surface area contributed by atoms with Crippen molar-refractivity contribution in [2.24, 2.45) is 10.7 Å². The normalized spacial score (nSPS) is 12.8. The first kappa shape index (κ1) is 17.7. The largest absolute Gasteiger partial charge is 0.370 e. The Morgan fingerprint density at radius 1 is 1.19 bits per heavy atom. The lowest BCUT2D eigenvalue weighted by atomic mass is 9.99. The fourth-order valence-electron chi connectivity index (χ4n) is 2.79. The van der Waals surface area contributed by atoms with Gasteiger partial charge in [0.2, 0.25) is 0 Å². The van der Waals surface area contributed by atoms with Crippen LogP contribution >= 0.6 is 0 Å². The highest BCUT2D eigenvalue weighted by Crippen LogP contribution is 2.20. The molecule has 1 atom stereocenters. The van der Waals surface area contributed by atoms with Gasteiger partial charge in [0.1, 0.15) is 0 Å². The lowest BCUT2D eigenvalue weighted by Crippen LogP contribution is -2.22. The lowest BCUT2D eigenvalue weighted by molar-refractivity contribution is 0.734. The van der Waals surface area contributed by atoms with E-state index in [9.17, 15) is 0 Å². The topological polar surface area (TPSA) is 68.2 Å². The molecule has 134 valence electrons. The molecule has 0 aliphatic heterocycles. The lowest BCUT2D eigenvalue weighted by Gasteiger charge is -2.11. The van der Waals surface area contributed by atoms with Gasteiger partial charge in [0.25, 0.3) is 0 Å². The van der Waals surface area contributed by atoms with Crippen molar-refractivity contribution in [2.75, 3.05) is 5.32 Å². The van der Waals surface area contributed by atoms with Crippen LogP contribution in [0.1, 0.15) is 37.3 Å². The molecule has 1 aromatic heterocycles. The number of nitrogens with zero attached hydrogens (tertiary/aromatic N) is 3. The highest BCUT2D eigenvalue weighted by molar-refractivity contribution is 5.92. The van der Waals surface area contributed by atoms with Crippen LogP contribution in [0.15, 0.2) is 72.2 Å². The number of para-hydroxylation sites is 1. The van der Waals surface area contributed by atoms with Crippen molar-refractivity contribution < 1.29 is 0 Å². The highest BCUT2D eigenvalue weighted by Gasteiger charge is 2.05. The number of anilines is 1. The highest BCUT2D eigenvalue weighted by atomic mass is 15.1. The van der Waals surface area contributed by atoms with Crippen LogP contribution in [0, 0.1) is 0 Å². The Morgan fingerprint density at radius 3 is 2.65 bits per heavy atom. The smallest absolute Gasteiger partial charge is 0.193 e. The minimum absolute atomic E-state index is 0.404. The summed E-state index contributed by atoms with van der Waals surface area (Å²) in [5, 5.41) is 3.16. The van der Waals surface area contributed by atoms with Gasteiger partial charge in [-0.3, -0.25) is 0 Å². The van der Waals surface area contributed by atoms with Crippen LogP contribution in [0.3, 0.4) is 0 Å². The van der Waals surface area contributed by atoms with E-state index in [4.69, 9.17) is 5.73 Å². The summed E-state index contributed by atoms with van der Waals surface area (Å²) in [6.45, 7) is 4.93. The third kappa shape index (κ3) is 4.30. The molecule has 2 aromatic carbocycles. The van der Waals surface area contributed by atoms with Gasteiger partial charge in [-0.25, -0.2) is 9.98 Å². The molecule has 0 radical (unpaired) electrons. The molecule has 5 nitrogen and oxygen atoms in total. The summed E-state index contributed by atoms with van der Waals surface area (Å²) in [5.41, 5.74) is 10.5. The van der Waals surface area contributed by atoms with Crippen LogP contribution in [-0.2, 0) is 6.54 Å². The fraction of sp³-hybridized carbons (Fsp3) is 0.238. The molecule has 1 unspecified atom stereocenters. The number of imidazole rings is 1. The summed E-state index contributed by atoms with van der Waals surface area (Å²) >= 11 is 0. The first-order chi connectivity index (χ1) is 12.7. The van der Waals surface area contributed by atoms with E-state index in [0.29, 0.717) is 18.4 Å². The van der Waals surface area contributed by atoms with Crippen molar-refractivity contribution in [3.63, 3.8) is 0 Å². The Labute approximate surface area is 154 Å². The molecule has 3 aromatic rings. The predicted octanol–water partition coefficient (Wildman–Crippen LogP) is 4.31. The summed E-state index contributed by atoms with van der Waals surface area (Å²) in [6.07, 6.45) is 6.59. The maximum atomic E-state index is 6.07. The average molecular weight is 347 g/mol.